The third-order valence-corrected chi connectivity index (χ3v) is 4.73. The van der Waals surface area contributed by atoms with Crippen LogP contribution in [0.25, 0.3) is 0 Å². The number of nitriles is 1. The third-order valence-electron chi connectivity index (χ3n) is 3.98. The van der Waals surface area contributed by atoms with Gasteiger partial charge in [-0.15, -0.1) is 0 Å². The van der Waals surface area contributed by atoms with Crippen molar-refractivity contribution in [2.75, 3.05) is 13.1 Å². The van der Waals surface area contributed by atoms with Gasteiger partial charge in [0.25, 0.3) is 0 Å². The molecular weight excluding hydrogens is 318 g/mol. The molecule has 0 spiro atoms. The van der Waals surface area contributed by atoms with Gasteiger partial charge in [-0.25, -0.2) is 4.39 Å². The molecule has 0 aromatic heterocycles. The Morgan fingerprint density at radius 3 is 2.32 bits per heavy atom. The summed E-state index contributed by atoms with van der Waals surface area (Å²) in [6.07, 6.45) is -3.35. The summed E-state index contributed by atoms with van der Waals surface area (Å²) in [5.74, 6) is -0.174. The zero-order valence-corrected chi connectivity index (χ0v) is 13.2. The van der Waals surface area contributed by atoms with Crippen LogP contribution in [0.1, 0.15) is 38.5 Å². The van der Waals surface area contributed by atoms with Gasteiger partial charge >= 0.3 is 6.18 Å². The Bertz CT molecular complexity index is 351. The average molecular weight is 341 g/mol. The lowest BCUT2D eigenvalue weighted by molar-refractivity contribution is -0.147. The minimum absolute atomic E-state index is 0.162. The van der Waals surface area contributed by atoms with E-state index in [1.54, 1.807) is 0 Å². The average Bonchev–Trinajstić information content (AvgIpc) is 2.49. The minimum atomic E-state index is -4.08. The van der Waals surface area contributed by atoms with Crippen LogP contribution in [0.3, 0.4) is 0 Å². The quantitative estimate of drug-likeness (QED) is 0.595. The van der Waals surface area contributed by atoms with Crippen LogP contribution < -0.4 is 10.5 Å². The Morgan fingerprint density at radius 1 is 1.18 bits per heavy atom. The van der Waals surface area contributed by atoms with Gasteiger partial charge in [0.2, 0.25) is 0 Å². The predicted octanol–water partition coefficient (Wildman–Crippen LogP) is 3.56. The van der Waals surface area contributed by atoms with E-state index in [4.69, 9.17) is 10.4 Å². The molecule has 2 unspecified atom stereocenters. The van der Waals surface area contributed by atoms with Gasteiger partial charge in [-0.05, 0) is 38.0 Å². The van der Waals surface area contributed by atoms with Crippen LogP contribution in [0, 0.1) is 23.2 Å². The first-order valence-electron chi connectivity index (χ1n) is 7.50. The Labute approximate surface area is 133 Å². The molecule has 1 saturated heterocycles. The van der Waals surface area contributed by atoms with Crippen molar-refractivity contribution >= 4 is 11.9 Å². The fourth-order valence-corrected chi connectivity index (χ4v) is 3.32. The van der Waals surface area contributed by atoms with E-state index in [9.17, 15) is 17.6 Å². The van der Waals surface area contributed by atoms with E-state index in [1.807, 2.05) is 0 Å². The first-order valence-corrected chi connectivity index (χ1v) is 8.45. The number of halogens is 4. The largest absolute Gasteiger partial charge is 0.389 e. The Morgan fingerprint density at radius 2 is 1.82 bits per heavy atom. The summed E-state index contributed by atoms with van der Waals surface area (Å²) < 4.78 is 48.0. The maximum absolute atomic E-state index is 12.5. The molecule has 2 aliphatic rings. The lowest BCUT2D eigenvalue weighted by atomic mass is 9.86. The van der Waals surface area contributed by atoms with Crippen molar-refractivity contribution in [3.8, 4) is 6.07 Å². The topological polar surface area (TPSA) is 61.8 Å². The summed E-state index contributed by atoms with van der Waals surface area (Å²) in [6.45, 7) is 1.77. The molecule has 128 valence electrons. The van der Waals surface area contributed by atoms with Crippen molar-refractivity contribution in [1.29, 1.82) is 5.26 Å². The second-order valence-electron chi connectivity index (χ2n) is 5.92. The van der Waals surface area contributed by atoms with Gasteiger partial charge in [-0.3, -0.25) is 5.14 Å². The van der Waals surface area contributed by atoms with Gasteiger partial charge in [-0.1, -0.05) is 11.9 Å². The number of nitrogens with zero attached hydrogens (tertiary/aromatic N) is 1. The molecule has 1 heterocycles. The highest BCUT2D eigenvalue weighted by Gasteiger charge is 2.33. The molecule has 2 rings (SSSR count). The summed E-state index contributed by atoms with van der Waals surface area (Å²) >= 11 is 1.35. The van der Waals surface area contributed by atoms with Crippen LogP contribution in [-0.4, -0.2) is 30.7 Å². The number of rotatable bonds is 2. The molecule has 8 heteroatoms. The van der Waals surface area contributed by atoms with Crippen LogP contribution in [-0.2, 0) is 0 Å². The minimum Gasteiger partial charge on any atom is -0.314 e. The van der Waals surface area contributed by atoms with Crippen molar-refractivity contribution in [2.45, 2.75) is 56.1 Å². The molecule has 2 fully saturated rings. The summed E-state index contributed by atoms with van der Waals surface area (Å²) in [5, 5.41) is 17.5. The molecule has 0 radical (unpaired) electrons. The fraction of sp³-hybridized carbons (Fsp3) is 0.929. The second kappa shape index (κ2) is 9.58. The van der Waals surface area contributed by atoms with Crippen molar-refractivity contribution in [3.63, 3.8) is 0 Å². The molecule has 2 atom stereocenters. The van der Waals surface area contributed by atoms with Gasteiger partial charge < -0.3 is 5.32 Å². The van der Waals surface area contributed by atoms with E-state index in [0.717, 1.165) is 19.5 Å². The molecule has 0 aromatic rings. The highest BCUT2D eigenvalue weighted by molar-refractivity contribution is 7.97. The van der Waals surface area contributed by atoms with Crippen molar-refractivity contribution in [1.82, 2.24) is 5.32 Å². The summed E-state index contributed by atoms with van der Waals surface area (Å²) in [4.78, 5) is 0. The highest BCUT2D eigenvalue weighted by Crippen LogP contribution is 2.34. The van der Waals surface area contributed by atoms with Crippen molar-refractivity contribution in [2.24, 2.45) is 17.0 Å². The molecular formula is C14H23F4N3S. The monoisotopic (exact) mass is 341 g/mol. The van der Waals surface area contributed by atoms with E-state index in [-0.39, 0.29) is 11.8 Å². The van der Waals surface area contributed by atoms with E-state index in [0.29, 0.717) is 30.9 Å². The standard InChI is InChI=1S/C8H12F4.C6H11N3S/c9-7-3-1-6(2-4-7)5-8(10,11)12;7-2-5-1-6(10-8)4-9-3-5/h6-7H,1-5H2;5-6,9H,1,3-4,8H2. The van der Waals surface area contributed by atoms with E-state index in [2.05, 4.69) is 11.4 Å². The second-order valence-corrected chi connectivity index (χ2v) is 6.85. The zero-order valence-electron chi connectivity index (χ0n) is 12.4. The Hall–Kier alpha value is -0.520. The smallest absolute Gasteiger partial charge is 0.314 e. The van der Waals surface area contributed by atoms with Gasteiger partial charge in [0.15, 0.2) is 0 Å². The van der Waals surface area contributed by atoms with E-state index < -0.39 is 18.8 Å². The Kier molecular flexibility index (Phi) is 8.50. The lowest BCUT2D eigenvalue weighted by Crippen LogP contribution is -2.37. The molecule has 0 amide bonds. The van der Waals surface area contributed by atoms with E-state index >= 15 is 0 Å². The third kappa shape index (κ3) is 8.20. The molecule has 1 saturated carbocycles. The summed E-state index contributed by atoms with van der Waals surface area (Å²) in [6, 6.07) is 2.24. The lowest BCUT2D eigenvalue weighted by Gasteiger charge is -2.24. The van der Waals surface area contributed by atoms with E-state index in [1.165, 1.54) is 11.9 Å². The first-order chi connectivity index (χ1) is 10.3. The Balaban J connectivity index is 0.000000224. The van der Waals surface area contributed by atoms with Crippen molar-refractivity contribution in [3.05, 3.63) is 0 Å². The normalized spacial score (nSPS) is 32.5. The van der Waals surface area contributed by atoms with Crippen LogP contribution in [0.5, 0.6) is 0 Å². The fourth-order valence-electron chi connectivity index (χ4n) is 2.76. The predicted molar refractivity (Wildman–Crippen MR) is 79.7 cm³/mol. The van der Waals surface area contributed by atoms with Crippen LogP contribution in [0.15, 0.2) is 0 Å². The SMILES string of the molecule is FC1CCC(CC(F)(F)F)CC1.N#CC1CNCC(SN)C1. The molecule has 0 bridgehead atoms. The zero-order chi connectivity index (χ0) is 16.6. The number of alkyl halides is 4. The first kappa shape index (κ1) is 19.5. The van der Waals surface area contributed by atoms with Crippen LogP contribution >= 0.6 is 11.9 Å². The number of hydrogen-bond acceptors (Lipinski definition) is 4. The van der Waals surface area contributed by atoms with Crippen LogP contribution in [0.2, 0.25) is 0 Å². The molecule has 0 aromatic carbocycles. The van der Waals surface area contributed by atoms with Crippen molar-refractivity contribution < 1.29 is 17.6 Å². The molecule has 3 nitrogen and oxygen atoms in total. The molecule has 22 heavy (non-hydrogen) atoms. The number of piperidine rings is 1. The molecule has 1 aliphatic heterocycles. The number of nitrogens with one attached hydrogen (secondary N) is 1. The summed E-state index contributed by atoms with van der Waals surface area (Å²) in [7, 11) is 0. The van der Waals surface area contributed by atoms with Gasteiger partial charge in [0, 0.05) is 24.8 Å². The van der Waals surface area contributed by atoms with Gasteiger partial charge in [0.1, 0.15) is 6.17 Å². The van der Waals surface area contributed by atoms with Gasteiger partial charge in [0.05, 0.1) is 12.0 Å². The van der Waals surface area contributed by atoms with Crippen LogP contribution in [0.4, 0.5) is 17.6 Å². The highest BCUT2D eigenvalue weighted by atomic mass is 32.2. The number of nitrogens with two attached hydrogens (primary N) is 1. The number of hydrogen-bond donors (Lipinski definition) is 2. The summed E-state index contributed by atoms with van der Waals surface area (Å²) in [5.41, 5.74) is 0. The molecule has 1 aliphatic carbocycles. The maximum atomic E-state index is 12.5. The van der Waals surface area contributed by atoms with Gasteiger partial charge in [-0.2, -0.15) is 18.4 Å². The maximum Gasteiger partial charge on any atom is 0.389 e. The molecule has 3 N–H and O–H groups in total.